The highest BCUT2D eigenvalue weighted by Gasteiger charge is 2.33. The van der Waals surface area contributed by atoms with Crippen molar-refractivity contribution in [2.45, 2.75) is 177 Å². The lowest BCUT2D eigenvalue weighted by Crippen LogP contribution is -2.31. The predicted molar refractivity (Wildman–Crippen MR) is 553 cm³/mol. The lowest BCUT2D eigenvalue weighted by atomic mass is 9.88. The second kappa shape index (κ2) is 42.5. The minimum Gasteiger partial charge on any atom is -0.447 e. The van der Waals surface area contributed by atoms with Gasteiger partial charge in [0, 0.05) is 127 Å². The van der Waals surface area contributed by atoms with E-state index in [2.05, 4.69) is 249 Å². The summed E-state index contributed by atoms with van der Waals surface area (Å²) in [6.45, 7) is 26.0. The van der Waals surface area contributed by atoms with E-state index in [4.69, 9.17) is 57.5 Å². The SMILES string of the molecule is C[C@@H](Nc1nc(NCc2ncco2)nc2c(Br)cccc12)C1CC1.C[C@@H](Nc1nc(Nc2ccn[nH]2)nc2c(Br)cccc12)C1CC1.Cc1ccc(Nc2nc(N[C@H](C)C3CC3)c3cccc(Br)c3n2)cc1Cl.Cc1ccc(Nc2nc(N[C@H](C)C3CC3)c3cccc(Br)c3n2)cc1Cl.Cc1cccc(CNc2nc(N[C@H](C)C(C)(C)C)c3cccc(C4=CCNCC4)c3n2)c1F. The third-order valence-electron chi connectivity index (χ3n) is 24.5. The molecule has 25 nitrogen and oxygen atoms in total. The van der Waals surface area contributed by atoms with E-state index in [1.54, 1.807) is 37.7 Å². The molecule has 684 valence electrons. The molecule has 4 saturated carbocycles. The van der Waals surface area contributed by atoms with Gasteiger partial charge in [-0.05, 0) is 314 Å². The Balaban J connectivity index is 0.000000121. The molecule has 12 N–H and O–H groups in total. The van der Waals surface area contributed by atoms with Gasteiger partial charge in [0.2, 0.25) is 35.6 Å². The normalized spacial score (nSPS) is 15.3. The molecule has 0 bridgehead atoms. The molecule has 4 fully saturated rings. The number of hydrogen-bond acceptors (Lipinski definition) is 24. The quantitative estimate of drug-likeness (QED) is 0.0228. The Morgan fingerprint density at radius 2 is 0.848 bits per heavy atom. The summed E-state index contributed by atoms with van der Waals surface area (Å²) in [5.74, 6) is 11.1. The molecule has 20 rings (SSSR count). The van der Waals surface area contributed by atoms with Gasteiger partial charge in [-0.1, -0.05) is 117 Å². The molecule has 8 aromatic carbocycles. The topological polar surface area (TPSA) is 316 Å². The number of nitrogens with zero attached hydrogens (tertiary/aromatic N) is 12. The van der Waals surface area contributed by atoms with Crippen LogP contribution in [0.4, 0.5) is 80.4 Å². The summed E-state index contributed by atoms with van der Waals surface area (Å²) in [5.41, 5.74) is 12.0. The number of nitrogens with one attached hydrogen (secondary N) is 12. The maximum Gasteiger partial charge on any atom is 0.230 e. The fourth-order valence-corrected chi connectivity index (χ4v) is 17.5. The Morgan fingerprint density at radius 3 is 1.25 bits per heavy atom. The highest BCUT2D eigenvalue weighted by atomic mass is 79.9. The third-order valence-corrected chi connectivity index (χ3v) is 27.8. The Hall–Kier alpha value is -11.0. The summed E-state index contributed by atoms with van der Waals surface area (Å²) < 4.78 is 23.6. The molecule has 0 unspecified atom stereocenters. The molecule has 1 aliphatic heterocycles. The van der Waals surface area contributed by atoms with Crippen molar-refractivity contribution < 1.29 is 8.81 Å². The maximum absolute atomic E-state index is 14.5. The van der Waals surface area contributed by atoms with Crippen LogP contribution in [-0.2, 0) is 13.1 Å². The zero-order chi connectivity index (χ0) is 92.4. The van der Waals surface area contributed by atoms with Gasteiger partial charge >= 0.3 is 0 Å². The van der Waals surface area contributed by atoms with Crippen LogP contribution >= 0.6 is 86.9 Å². The van der Waals surface area contributed by atoms with Crippen LogP contribution in [0.25, 0.3) is 60.1 Å². The van der Waals surface area contributed by atoms with Crippen LogP contribution in [0.3, 0.4) is 0 Å². The van der Waals surface area contributed by atoms with E-state index in [1.807, 2.05) is 123 Å². The van der Waals surface area contributed by atoms with Crippen molar-refractivity contribution in [3.63, 3.8) is 0 Å². The summed E-state index contributed by atoms with van der Waals surface area (Å²) >= 11 is 26.9. The van der Waals surface area contributed by atoms with Crippen molar-refractivity contribution >= 4 is 223 Å². The molecule has 5 aliphatic rings. The average molecular weight is 2070 g/mol. The molecule has 0 spiro atoms. The predicted octanol–water partition coefficient (Wildman–Crippen LogP) is 26.8. The number of para-hydroxylation sites is 5. The van der Waals surface area contributed by atoms with Gasteiger partial charge in [-0.15, -0.1) is 0 Å². The molecular weight excluding hydrogens is 1960 g/mol. The molecule has 0 radical (unpaired) electrons. The van der Waals surface area contributed by atoms with Gasteiger partial charge in [0.15, 0.2) is 0 Å². The summed E-state index contributed by atoms with van der Waals surface area (Å²) in [6, 6.07) is 51.3. The Morgan fingerprint density at radius 1 is 0.447 bits per heavy atom. The molecule has 8 heterocycles. The minimum absolute atomic E-state index is 0.0603. The first-order valence-electron chi connectivity index (χ1n) is 45.0. The fourth-order valence-electron chi connectivity index (χ4n) is 15.3. The molecule has 0 saturated heterocycles. The Bertz CT molecular complexity index is 6480. The average Bonchev–Trinajstić information content (AvgIpc) is 1.31. The zero-order valence-corrected chi connectivity index (χ0v) is 83.4. The van der Waals surface area contributed by atoms with E-state index in [1.165, 1.54) is 56.9 Å². The molecule has 32 heteroatoms. The zero-order valence-electron chi connectivity index (χ0n) is 75.6. The van der Waals surface area contributed by atoms with Crippen LogP contribution in [0.2, 0.25) is 10.0 Å². The van der Waals surface area contributed by atoms with Gasteiger partial charge < -0.3 is 62.9 Å². The Labute approximate surface area is 812 Å². The molecule has 7 aromatic heterocycles. The first-order chi connectivity index (χ1) is 63.7. The first-order valence-corrected chi connectivity index (χ1v) is 48.9. The van der Waals surface area contributed by atoms with E-state index in [9.17, 15) is 4.39 Å². The van der Waals surface area contributed by atoms with Gasteiger partial charge in [0.25, 0.3) is 0 Å². The second-order valence-corrected chi connectivity index (χ2v) is 39.9. The van der Waals surface area contributed by atoms with Crippen molar-refractivity contribution in [3.8, 4) is 0 Å². The lowest BCUT2D eigenvalue weighted by Gasteiger charge is -2.29. The standard InChI is InChI=1S/C27H34FN5.2C20H20BrClN4.C17H18BrN5O.C16H17BrN6/c1-17-8-6-9-20(23(17)28)16-30-26-32-24-21(19-12-14-29-15-13-19)10-7-11-22(24)25(33-26)31-18(2)27(3,4)5;2*1-11-6-9-14(10-17(11)22)24-20-25-18-15(4-3-5-16(18)21)19(26-20)23-12(2)13-7-8-13;1-10(11-5-6-11)21-16-12-3-2-4-13(18)15(12)22-17(23-16)20-9-14-19-7-8-24-14;1-9(10-5-6-10)19-15-11-3-2-4-12(17)14(11)21-16(22-15)20-13-7-8-18-23-13/h6-12,18,29H,13-16H2,1-5H3,(H2,30,31,32,33);2*3-6,9-10,12-13H,7-8H2,1-2H3,(H2,23,24,25,26);2-4,7-8,10-11H,5-6,9H2,1H3,(H2,20,21,22,23);2-4,7-10H,5-6H2,1H3,(H3,18,19,20,21,22,23)/t18-;2*12-;10-;9-/m11111/s1. The maximum atomic E-state index is 14.5. The van der Waals surface area contributed by atoms with Crippen molar-refractivity contribution in [2.75, 3.05) is 66.3 Å². The van der Waals surface area contributed by atoms with Gasteiger partial charge in [-0.3, -0.25) is 5.10 Å². The molecule has 132 heavy (non-hydrogen) atoms. The molecule has 0 amide bonds. The van der Waals surface area contributed by atoms with Crippen LogP contribution in [0.15, 0.2) is 199 Å². The fraction of sp³-hybridized carbons (Fsp3) is 0.340. The van der Waals surface area contributed by atoms with Crippen molar-refractivity contribution in [1.82, 2.24) is 70.3 Å². The molecular formula is C100H109Br4Cl2FN24O. The number of aryl methyl sites for hydroxylation is 3. The number of oxazole rings is 1. The summed E-state index contributed by atoms with van der Waals surface area (Å²) in [7, 11) is 0. The smallest absolute Gasteiger partial charge is 0.230 e. The first kappa shape index (κ1) is 94.2. The number of fused-ring (bicyclic) bond motifs is 5. The van der Waals surface area contributed by atoms with Crippen LogP contribution in [0.5, 0.6) is 0 Å². The van der Waals surface area contributed by atoms with E-state index < -0.39 is 0 Å². The number of aromatic amines is 1. The number of anilines is 13. The van der Waals surface area contributed by atoms with Crippen molar-refractivity contribution in [3.05, 3.63) is 244 Å². The highest BCUT2D eigenvalue weighted by molar-refractivity contribution is 9.11. The van der Waals surface area contributed by atoms with Crippen molar-refractivity contribution in [1.29, 1.82) is 0 Å². The number of halogens is 7. The van der Waals surface area contributed by atoms with Crippen molar-refractivity contribution in [2.24, 2.45) is 29.1 Å². The lowest BCUT2D eigenvalue weighted by molar-refractivity contribution is 0.359. The van der Waals surface area contributed by atoms with E-state index in [-0.39, 0.29) is 17.3 Å². The van der Waals surface area contributed by atoms with Crippen LogP contribution in [0.1, 0.15) is 147 Å². The number of H-pyrrole nitrogens is 1. The van der Waals surface area contributed by atoms with Gasteiger partial charge in [0.05, 0.1) is 46.5 Å². The van der Waals surface area contributed by atoms with Crippen LogP contribution in [-0.4, -0.2) is 108 Å². The van der Waals surface area contributed by atoms with Gasteiger partial charge in [0.1, 0.15) is 47.0 Å². The van der Waals surface area contributed by atoms with Gasteiger partial charge in [-0.2, -0.15) is 30.0 Å². The van der Waals surface area contributed by atoms with Crippen LogP contribution < -0.4 is 58.5 Å². The summed E-state index contributed by atoms with van der Waals surface area (Å²) in [6.07, 6.45) is 18.4. The van der Waals surface area contributed by atoms with Gasteiger partial charge in [-0.25, -0.2) is 34.3 Å². The van der Waals surface area contributed by atoms with E-state index in [0.717, 1.165) is 189 Å². The molecule has 4 aliphatic carbocycles. The summed E-state index contributed by atoms with van der Waals surface area (Å²) in [5, 5.41) is 50.7. The second-order valence-electron chi connectivity index (χ2n) is 35.7. The summed E-state index contributed by atoms with van der Waals surface area (Å²) in [4.78, 5) is 51.3. The van der Waals surface area contributed by atoms with Crippen LogP contribution in [0, 0.1) is 55.7 Å². The van der Waals surface area contributed by atoms with E-state index in [0.29, 0.717) is 84.0 Å². The number of rotatable bonds is 27. The Kier molecular flexibility index (Phi) is 30.3. The third kappa shape index (κ3) is 24.3. The number of aromatic nitrogens is 13. The molecule has 5 atom stereocenters. The minimum atomic E-state index is -0.189. The largest absolute Gasteiger partial charge is 0.447 e. The number of benzene rings is 8. The van der Waals surface area contributed by atoms with E-state index >= 15 is 0 Å². The monoisotopic (exact) mass is 2070 g/mol. The number of hydrogen-bond donors (Lipinski definition) is 12. The highest BCUT2D eigenvalue weighted by Crippen LogP contribution is 2.43. The molecule has 15 aromatic rings.